The van der Waals surface area contributed by atoms with Crippen molar-refractivity contribution in [2.24, 2.45) is 0 Å². The zero-order valence-corrected chi connectivity index (χ0v) is 13.5. The number of ether oxygens (including phenoxy) is 1. The third-order valence-electron chi connectivity index (χ3n) is 3.85. The van der Waals surface area contributed by atoms with Crippen LogP contribution in [0.4, 0.5) is 0 Å². The number of rotatable bonds is 6. The average Bonchev–Trinajstić information content (AvgIpc) is 2.46. The Morgan fingerprint density at radius 3 is 2.95 bits per heavy atom. The zero-order valence-electron chi connectivity index (χ0n) is 12.7. The van der Waals surface area contributed by atoms with Crippen LogP contribution in [0.2, 0.25) is 0 Å². The Bertz CT molecular complexity index is 492. The van der Waals surface area contributed by atoms with Gasteiger partial charge in [-0.1, -0.05) is 19.4 Å². The van der Waals surface area contributed by atoms with Crippen LogP contribution in [0.15, 0.2) is 23.1 Å². The highest BCUT2D eigenvalue weighted by molar-refractivity contribution is 7.99. The number of piperidine rings is 1. The minimum Gasteiger partial charge on any atom is -0.491 e. The SMILES string of the molecule is CCSc1cccc(OCC2CCCCN2C)c1C(=O)O. The Morgan fingerprint density at radius 1 is 1.48 bits per heavy atom. The molecule has 1 N–H and O–H groups in total. The van der Waals surface area contributed by atoms with Crippen LogP contribution < -0.4 is 4.74 Å². The molecule has 0 aromatic heterocycles. The summed E-state index contributed by atoms with van der Waals surface area (Å²) in [6, 6.07) is 5.84. The number of carboxylic acids is 1. The summed E-state index contributed by atoms with van der Waals surface area (Å²) in [7, 11) is 2.11. The Balaban J connectivity index is 2.11. The second kappa shape index (κ2) is 7.71. The number of hydrogen-bond donors (Lipinski definition) is 1. The molecular weight excluding hydrogens is 286 g/mol. The van der Waals surface area contributed by atoms with Crippen LogP contribution >= 0.6 is 11.8 Å². The summed E-state index contributed by atoms with van der Waals surface area (Å²) in [5, 5.41) is 9.46. The van der Waals surface area contributed by atoms with Gasteiger partial charge >= 0.3 is 5.97 Å². The third kappa shape index (κ3) is 4.14. The average molecular weight is 309 g/mol. The van der Waals surface area contributed by atoms with Crippen molar-refractivity contribution in [2.45, 2.75) is 37.1 Å². The van der Waals surface area contributed by atoms with Gasteiger partial charge in [0.05, 0.1) is 0 Å². The topological polar surface area (TPSA) is 49.8 Å². The fourth-order valence-electron chi connectivity index (χ4n) is 2.66. The van der Waals surface area contributed by atoms with E-state index in [1.54, 1.807) is 6.07 Å². The van der Waals surface area contributed by atoms with Crippen LogP contribution in [0.5, 0.6) is 5.75 Å². The maximum absolute atomic E-state index is 11.5. The normalized spacial score (nSPS) is 19.4. The van der Waals surface area contributed by atoms with E-state index in [1.165, 1.54) is 24.6 Å². The van der Waals surface area contributed by atoms with E-state index in [2.05, 4.69) is 11.9 Å². The first-order chi connectivity index (χ1) is 10.1. The van der Waals surface area contributed by atoms with Gasteiger partial charge in [-0.05, 0) is 44.3 Å². The molecule has 1 unspecified atom stereocenters. The van der Waals surface area contributed by atoms with Crippen LogP contribution in [0.25, 0.3) is 0 Å². The van der Waals surface area contributed by atoms with E-state index in [9.17, 15) is 9.90 Å². The van der Waals surface area contributed by atoms with Gasteiger partial charge in [-0.15, -0.1) is 11.8 Å². The molecule has 0 radical (unpaired) electrons. The molecule has 0 saturated carbocycles. The molecule has 5 heteroatoms. The minimum atomic E-state index is -0.918. The number of likely N-dealkylation sites (N-methyl/N-ethyl adjacent to an activating group) is 1. The highest BCUT2D eigenvalue weighted by Crippen LogP contribution is 2.30. The molecule has 0 spiro atoms. The quantitative estimate of drug-likeness (QED) is 0.817. The summed E-state index contributed by atoms with van der Waals surface area (Å²) in [6.45, 7) is 3.66. The predicted molar refractivity (Wildman–Crippen MR) is 85.6 cm³/mol. The van der Waals surface area contributed by atoms with Crippen molar-refractivity contribution in [3.63, 3.8) is 0 Å². The summed E-state index contributed by atoms with van der Waals surface area (Å²) < 4.78 is 5.86. The third-order valence-corrected chi connectivity index (χ3v) is 4.79. The van der Waals surface area contributed by atoms with Crippen LogP contribution in [0, 0.1) is 0 Å². The molecule has 4 nitrogen and oxygen atoms in total. The standard InChI is InChI=1S/C16H23NO3S/c1-3-21-14-9-6-8-13(15(14)16(18)19)20-11-12-7-4-5-10-17(12)2/h6,8-9,12H,3-5,7,10-11H2,1-2H3,(H,18,19). The fourth-order valence-corrected chi connectivity index (χ4v) is 3.48. The molecule has 1 aliphatic heterocycles. The van der Waals surface area contributed by atoms with Gasteiger partial charge in [0, 0.05) is 10.9 Å². The smallest absolute Gasteiger partial charge is 0.340 e. The second-order valence-electron chi connectivity index (χ2n) is 5.31. The molecule has 0 aliphatic carbocycles. The molecule has 1 atom stereocenters. The Labute approximate surface area is 130 Å². The molecule has 2 rings (SSSR count). The first kappa shape index (κ1) is 16.2. The largest absolute Gasteiger partial charge is 0.491 e. The van der Waals surface area contributed by atoms with E-state index in [1.807, 2.05) is 19.1 Å². The van der Waals surface area contributed by atoms with Gasteiger partial charge in [0.2, 0.25) is 0 Å². The molecule has 21 heavy (non-hydrogen) atoms. The Kier molecular flexibility index (Phi) is 5.94. The van der Waals surface area contributed by atoms with Crippen molar-refractivity contribution in [3.8, 4) is 5.75 Å². The van der Waals surface area contributed by atoms with Crippen molar-refractivity contribution >= 4 is 17.7 Å². The van der Waals surface area contributed by atoms with E-state index < -0.39 is 5.97 Å². The summed E-state index contributed by atoms with van der Waals surface area (Å²) in [5.74, 6) is 0.410. The van der Waals surface area contributed by atoms with Crippen LogP contribution in [-0.4, -0.2) is 48.0 Å². The monoisotopic (exact) mass is 309 g/mol. The summed E-state index contributed by atoms with van der Waals surface area (Å²) >= 11 is 1.54. The lowest BCUT2D eigenvalue weighted by Gasteiger charge is -2.32. The van der Waals surface area contributed by atoms with Gasteiger partial charge in [-0.2, -0.15) is 0 Å². The molecule has 1 aliphatic rings. The summed E-state index contributed by atoms with van der Waals surface area (Å²) in [6.07, 6.45) is 3.56. The lowest BCUT2D eigenvalue weighted by molar-refractivity contribution is 0.0683. The molecule has 1 aromatic carbocycles. The van der Waals surface area contributed by atoms with Crippen molar-refractivity contribution < 1.29 is 14.6 Å². The van der Waals surface area contributed by atoms with Gasteiger partial charge in [0.15, 0.2) is 0 Å². The maximum Gasteiger partial charge on any atom is 0.340 e. The first-order valence-electron chi connectivity index (χ1n) is 7.45. The minimum absolute atomic E-state index is 0.294. The second-order valence-corrected chi connectivity index (χ2v) is 6.61. The van der Waals surface area contributed by atoms with Crippen molar-refractivity contribution in [3.05, 3.63) is 23.8 Å². The lowest BCUT2D eigenvalue weighted by Crippen LogP contribution is -2.40. The van der Waals surface area contributed by atoms with E-state index in [4.69, 9.17) is 4.74 Å². The molecule has 1 aromatic rings. The van der Waals surface area contributed by atoms with E-state index >= 15 is 0 Å². The Morgan fingerprint density at radius 2 is 2.29 bits per heavy atom. The Hall–Kier alpha value is -1.20. The van der Waals surface area contributed by atoms with Crippen molar-refractivity contribution in [2.75, 3.05) is 26.0 Å². The van der Waals surface area contributed by atoms with Gasteiger partial charge in [-0.25, -0.2) is 4.79 Å². The number of carboxylic acid groups (broad SMARTS) is 1. The van der Waals surface area contributed by atoms with E-state index in [-0.39, 0.29) is 0 Å². The first-order valence-corrected chi connectivity index (χ1v) is 8.44. The molecule has 116 valence electrons. The summed E-state index contributed by atoms with van der Waals surface area (Å²) in [5.41, 5.74) is 0.294. The number of aromatic carboxylic acids is 1. The summed E-state index contributed by atoms with van der Waals surface area (Å²) in [4.78, 5) is 14.6. The zero-order chi connectivity index (χ0) is 15.2. The number of thioether (sulfide) groups is 1. The number of benzene rings is 1. The van der Waals surface area contributed by atoms with Gasteiger partial charge < -0.3 is 14.7 Å². The van der Waals surface area contributed by atoms with Gasteiger partial charge in [-0.3, -0.25) is 0 Å². The lowest BCUT2D eigenvalue weighted by atomic mass is 10.0. The maximum atomic E-state index is 11.5. The van der Waals surface area contributed by atoms with Crippen LogP contribution in [0.3, 0.4) is 0 Å². The van der Waals surface area contributed by atoms with Gasteiger partial charge in [0.25, 0.3) is 0 Å². The van der Waals surface area contributed by atoms with Crippen LogP contribution in [-0.2, 0) is 0 Å². The fraction of sp³-hybridized carbons (Fsp3) is 0.562. The molecular formula is C16H23NO3S. The molecule has 0 amide bonds. The van der Waals surface area contributed by atoms with Gasteiger partial charge in [0.1, 0.15) is 17.9 Å². The molecule has 1 fully saturated rings. The molecule has 0 bridgehead atoms. The molecule has 1 saturated heterocycles. The number of carbonyl (C=O) groups is 1. The highest BCUT2D eigenvalue weighted by atomic mass is 32.2. The van der Waals surface area contributed by atoms with E-state index in [0.29, 0.717) is 24.0 Å². The number of hydrogen-bond acceptors (Lipinski definition) is 4. The van der Waals surface area contributed by atoms with Crippen molar-refractivity contribution in [1.82, 2.24) is 4.90 Å². The number of likely N-dealkylation sites (tertiary alicyclic amines) is 1. The molecule has 1 heterocycles. The van der Waals surface area contributed by atoms with Crippen LogP contribution in [0.1, 0.15) is 36.5 Å². The predicted octanol–water partition coefficient (Wildman–Crippen LogP) is 3.36. The van der Waals surface area contributed by atoms with E-state index in [0.717, 1.165) is 23.6 Å². The van der Waals surface area contributed by atoms with Crippen molar-refractivity contribution in [1.29, 1.82) is 0 Å². The highest BCUT2D eigenvalue weighted by Gasteiger charge is 2.22. The number of nitrogens with zero attached hydrogens (tertiary/aromatic N) is 1.